The van der Waals surface area contributed by atoms with Crippen LogP contribution in [0.25, 0.3) is 0 Å². The number of hydrogen-bond donors (Lipinski definition) is 3. The van der Waals surface area contributed by atoms with Crippen molar-refractivity contribution in [3.63, 3.8) is 0 Å². The predicted molar refractivity (Wildman–Crippen MR) is 73.1 cm³/mol. The molecular weight excluding hydrogens is 230 g/mol. The molecule has 6 nitrogen and oxygen atoms in total. The number of nitrogen functional groups attached to an aromatic ring is 1. The van der Waals surface area contributed by atoms with Crippen molar-refractivity contribution in [2.24, 2.45) is 11.8 Å². The van der Waals surface area contributed by atoms with Gasteiger partial charge in [-0.2, -0.15) is 0 Å². The highest BCUT2D eigenvalue weighted by Gasteiger charge is 2.10. The number of nitrogens with zero attached hydrogens (tertiary/aromatic N) is 2. The van der Waals surface area contributed by atoms with Gasteiger partial charge in [0.15, 0.2) is 5.82 Å². The van der Waals surface area contributed by atoms with Crippen molar-refractivity contribution < 1.29 is 4.74 Å². The van der Waals surface area contributed by atoms with Crippen LogP contribution in [0.1, 0.15) is 33.5 Å². The average Bonchev–Trinajstić information content (AvgIpc) is 2.35. The number of nitrogens with two attached hydrogens (primary N) is 1. The van der Waals surface area contributed by atoms with Gasteiger partial charge >= 0.3 is 0 Å². The molecule has 1 aromatic rings. The van der Waals surface area contributed by atoms with Crippen molar-refractivity contribution in [3.05, 3.63) is 11.9 Å². The fraction of sp³-hybridized carbons (Fsp3) is 0.667. The van der Waals surface area contributed by atoms with Crippen LogP contribution in [0.2, 0.25) is 0 Å². The Kier molecular flexibility index (Phi) is 5.80. The highest BCUT2D eigenvalue weighted by molar-refractivity contribution is 5.47. The third-order valence-corrected chi connectivity index (χ3v) is 2.73. The minimum absolute atomic E-state index is 0.325. The highest BCUT2D eigenvalue weighted by Crippen LogP contribution is 2.14. The highest BCUT2D eigenvalue weighted by atomic mass is 16.5. The van der Waals surface area contributed by atoms with Gasteiger partial charge in [-0.05, 0) is 19.8 Å². The number of hydrazine groups is 1. The van der Waals surface area contributed by atoms with Gasteiger partial charge in [-0.3, -0.25) is 0 Å². The zero-order valence-electron chi connectivity index (χ0n) is 11.5. The van der Waals surface area contributed by atoms with Gasteiger partial charge in [0.2, 0.25) is 0 Å². The molecule has 0 amide bonds. The monoisotopic (exact) mass is 253 g/mol. The molecule has 1 aromatic heterocycles. The van der Waals surface area contributed by atoms with E-state index in [1.165, 1.54) is 0 Å². The first-order valence-corrected chi connectivity index (χ1v) is 6.25. The van der Waals surface area contributed by atoms with Gasteiger partial charge < -0.3 is 15.5 Å². The first-order valence-electron chi connectivity index (χ1n) is 6.25. The molecule has 0 radical (unpaired) electrons. The second-order valence-electron chi connectivity index (χ2n) is 4.51. The molecule has 1 unspecified atom stereocenters. The number of hydrogen-bond acceptors (Lipinski definition) is 6. The van der Waals surface area contributed by atoms with E-state index in [4.69, 9.17) is 10.6 Å². The normalized spacial score (nSPS) is 12.6. The Hall–Kier alpha value is -1.40. The second-order valence-corrected chi connectivity index (χ2v) is 4.51. The summed E-state index contributed by atoms with van der Waals surface area (Å²) in [5.74, 6) is 7.87. The van der Waals surface area contributed by atoms with Crippen molar-refractivity contribution in [2.75, 3.05) is 17.3 Å². The minimum atomic E-state index is 0.325. The predicted octanol–water partition coefficient (Wildman–Crippen LogP) is 1.76. The molecule has 0 aliphatic heterocycles. The van der Waals surface area contributed by atoms with Crippen LogP contribution in [0.5, 0.6) is 0 Å². The van der Waals surface area contributed by atoms with Crippen molar-refractivity contribution >= 4 is 11.6 Å². The average molecular weight is 253 g/mol. The number of aromatic nitrogens is 2. The molecule has 0 saturated carbocycles. The summed E-state index contributed by atoms with van der Waals surface area (Å²) in [5.41, 5.74) is 2.54. The molecule has 0 fully saturated rings. The standard InChI is InChI=1S/C12H23N5O/c1-5-18-7-12-15-10(6-11(16-12)17-13)14-9(4)8(2)3/h6,8-9H,5,7,13H2,1-4H3,(H2,14,15,16,17). The van der Waals surface area contributed by atoms with E-state index in [0.29, 0.717) is 36.8 Å². The van der Waals surface area contributed by atoms with E-state index in [2.05, 4.69) is 41.5 Å². The summed E-state index contributed by atoms with van der Waals surface area (Å²) in [4.78, 5) is 8.63. The van der Waals surface area contributed by atoms with Gasteiger partial charge in [-0.15, -0.1) is 0 Å². The molecule has 0 aromatic carbocycles. The number of ether oxygens (including phenoxy) is 1. The molecule has 1 rings (SSSR count). The lowest BCUT2D eigenvalue weighted by molar-refractivity contribution is 0.128. The Labute approximate surface area is 108 Å². The van der Waals surface area contributed by atoms with Gasteiger partial charge in [-0.1, -0.05) is 13.8 Å². The van der Waals surface area contributed by atoms with Gasteiger partial charge in [0, 0.05) is 18.7 Å². The Morgan fingerprint density at radius 3 is 2.50 bits per heavy atom. The first kappa shape index (κ1) is 14.7. The summed E-state index contributed by atoms with van der Waals surface area (Å²) in [7, 11) is 0. The van der Waals surface area contributed by atoms with Crippen LogP contribution in [0, 0.1) is 5.92 Å². The zero-order chi connectivity index (χ0) is 13.5. The van der Waals surface area contributed by atoms with Crippen molar-refractivity contribution in [2.45, 2.75) is 40.3 Å². The second kappa shape index (κ2) is 7.13. The molecule has 1 heterocycles. The molecule has 0 saturated heterocycles. The fourth-order valence-electron chi connectivity index (χ4n) is 1.30. The molecular formula is C12H23N5O. The minimum Gasteiger partial charge on any atom is -0.374 e. The van der Waals surface area contributed by atoms with Crippen molar-refractivity contribution in [3.8, 4) is 0 Å². The summed E-state index contributed by atoms with van der Waals surface area (Å²) >= 11 is 0. The molecule has 0 aliphatic rings. The third kappa shape index (κ3) is 4.46. The van der Waals surface area contributed by atoms with Crippen molar-refractivity contribution in [1.29, 1.82) is 0 Å². The first-order chi connectivity index (χ1) is 8.56. The summed E-state index contributed by atoms with van der Waals surface area (Å²) in [6, 6.07) is 2.11. The molecule has 0 bridgehead atoms. The van der Waals surface area contributed by atoms with Gasteiger partial charge in [0.25, 0.3) is 0 Å². The van der Waals surface area contributed by atoms with Crippen LogP contribution in [-0.2, 0) is 11.3 Å². The fourth-order valence-corrected chi connectivity index (χ4v) is 1.30. The van der Waals surface area contributed by atoms with Crippen molar-refractivity contribution in [1.82, 2.24) is 9.97 Å². The van der Waals surface area contributed by atoms with E-state index in [9.17, 15) is 0 Å². The Morgan fingerprint density at radius 1 is 1.28 bits per heavy atom. The smallest absolute Gasteiger partial charge is 0.158 e. The van der Waals surface area contributed by atoms with E-state index < -0.39 is 0 Å². The SMILES string of the molecule is CCOCc1nc(NN)cc(NC(C)C(C)C)n1. The Morgan fingerprint density at radius 2 is 1.94 bits per heavy atom. The molecule has 0 aliphatic carbocycles. The molecule has 18 heavy (non-hydrogen) atoms. The zero-order valence-corrected chi connectivity index (χ0v) is 11.5. The van der Waals surface area contributed by atoms with Crippen LogP contribution in [-0.4, -0.2) is 22.6 Å². The van der Waals surface area contributed by atoms with Crippen LogP contribution in [0.3, 0.4) is 0 Å². The Bertz CT molecular complexity index is 369. The molecule has 4 N–H and O–H groups in total. The largest absolute Gasteiger partial charge is 0.374 e. The lowest BCUT2D eigenvalue weighted by atomic mass is 10.1. The lowest BCUT2D eigenvalue weighted by Gasteiger charge is -2.18. The maximum absolute atomic E-state index is 5.40. The number of anilines is 2. The van der Waals surface area contributed by atoms with Crippen LogP contribution in [0.4, 0.5) is 11.6 Å². The summed E-state index contributed by atoms with van der Waals surface area (Å²) in [6.45, 7) is 9.38. The molecule has 102 valence electrons. The maximum atomic E-state index is 5.40. The van der Waals surface area contributed by atoms with E-state index in [0.717, 1.165) is 5.82 Å². The topological polar surface area (TPSA) is 85.1 Å². The summed E-state index contributed by atoms with van der Waals surface area (Å²) in [6.07, 6.45) is 0. The van der Waals surface area contributed by atoms with E-state index >= 15 is 0 Å². The van der Waals surface area contributed by atoms with E-state index in [-0.39, 0.29) is 0 Å². The summed E-state index contributed by atoms with van der Waals surface area (Å²) < 4.78 is 5.31. The number of rotatable bonds is 7. The molecule has 0 spiro atoms. The van der Waals surface area contributed by atoms with Gasteiger partial charge in [0.05, 0.1) is 0 Å². The third-order valence-electron chi connectivity index (χ3n) is 2.73. The molecule has 6 heteroatoms. The lowest BCUT2D eigenvalue weighted by Crippen LogP contribution is -2.23. The maximum Gasteiger partial charge on any atom is 0.158 e. The number of nitrogens with one attached hydrogen (secondary N) is 2. The van der Waals surface area contributed by atoms with Crippen LogP contribution in [0.15, 0.2) is 6.07 Å². The van der Waals surface area contributed by atoms with Gasteiger partial charge in [0.1, 0.15) is 18.2 Å². The Balaban J connectivity index is 2.82. The quantitative estimate of drug-likeness (QED) is 0.507. The molecule has 1 atom stereocenters. The van der Waals surface area contributed by atoms with Gasteiger partial charge in [-0.25, -0.2) is 15.8 Å². The van der Waals surface area contributed by atoms with E-state index in [1.54, 1.807) is 6.07 Å². The van der Waals surface area contributed by atoms with Crippen LogP contribution < -0.4 is 16.6 Å². The van der Waals surface area contributed by atoms with E-state index in [1.807, 2.05) is 6.92 Å². The summed E-state index contributed by atoms with van der Waals surface area (Å²) in [5, 5.41) is 3.33. The van der Waals surface area contributed by atoms with Crippen LogP contribution >= 0.6 is 0 Å².